The minimum Gasteiger partial charge on any atom is -0.310 e. The van der Waals surface area contributed by atoms with E-state index in [0.717, 1.165) is 18.2 Å². The maximum atomic E-state index is 4.54. The van der Waals surface area contributed by atoms with Crippen LogP contribution in [0.2, 0.25) is 0 Å². The van der Waals surface area contributed by atoms with Crippen molar-refractivity contribution in [2.75, 3.05) is 6.54 Å². The zero-order valence-corrected chi connectivity index (χ0v) is 12.8. The number of rotatable bonds is 7. The van der Waals surface area contributed by atoms with E-state index in [-0.39, 0.29) is 0 Å². The van der Waals surface area contributed by atoms with Gasteiger partial charge in [-0.15, -0.1) is 0 Å². The SMILES string of the molecule is CCCNC(CC1CCC1)c1cnn(-c2ccccc2)c1. The molecule has 21 heavy (non-hydrogen) atoms. The van der Waals surface area contributed by atoms with E-state index in [2.05, 4.69) is 47.8 Å². The lowest BCUT2D eigenvalue weighted by Gasteiger charge is -2.29. The first kappa shape index (κ1) is 14.3. The van der Waals surface area contributed by atoms with Crippen molar-refractivity contribution in [2.24, 2.45) is 5.92 Å². The smallest absolute Gasteiger partial charge is 0.0645 e. The summed E-state index contributed by atoms with van der Waals surface area (Å²) >= 11 is 0. The van der Waals surface area contributed by atoms with Gasteiger partial charge < -0.3 is 5.32 Å². The maximum absolute atomic E-state index is 4.54. The van der Waals surface area contributed by atoms with Crippen molar-refractivity contribution in [3.05, 3.63) is 48.3 Å². The summed E-state index contributed by atoms with van der Waals surface area (Å²) in [5, 5.41) is 8.24. The van der Waals surface area contributed by atoms with Gasteiger partial charge in [-0.1, -0.05) is 44.4 Å². The number of aromatic nitrogens is 2. The normalized spacial score (nSPS) is 16.6. The van der Waals surface area contributed by atoms with E-state index >= 15 is 0 Å². The molecule has 3 rings (SSSR count). The lowest BCUT2D eigenvalue weighted by molar-refractivity contribution is 0.261. The van der Waals surface area contributed by atoms with Gasteiger partial charge in [0.05, 0.1) is 11.9 Å². The molecule has 1 aromatic heterocycles. The van der Waals surface area contributed by atoms with Crippen LogP contribution in [0, 0.1) is 5.92 Å². The molecule has 1 unspecified atom stereocenters. The third-order valence-corrected chi connectivity index (χ3v) is 4.46. The lowest BCUT2D eigenvalue weighted by atomic mass is 9.80. The van der Waals surface area contributed by atoms with Gasteiger partial charge in [-0.05, 0) is 37.4 Å². The molecule has 112 valence electrons. The molecule has 3 heteroatoms. The van der Waals surface area contributed by atoms with Gasteiger partial charge in [0, 0.05) is 17.8 Å². The van der Waals surface area contributed by atoms with Gasteiger partial charge in [-0.3, -0.25) is 0 Å². The van der Waals surface area contributed by atoms with Crippen LogP contribution in [0.4, 0.5) is 0 Å². The van der Waals surface area contributed by atoms with Crippen LogP contribution in [0.25, 0.3) is 5.69 Å². The molecular weight excluding hydrogens is 258 g/mol. The van der Waals surface area contributed by atoms with Gasteiger partial charge in [0.1, 0.15) is 0 Å². The van der Waals surface area contributed by atoms with E-state index in [1.165, 1.54) is 37.7 Å². The van der Waals surface area contributed by atoms with E-state index in [1.54, 1.807) is 0 Å². The van der Waals surface area contributed by atoms with Crippen LogP contribution >= 0.6 is 0 Å². The fraction of sp³-hybridized carbons (Fsp3) is 0.500. The van der Waals surface area contributed by atoms with E-state index < -0.39 is 0 Å². The molecule has 0 radical (unpaired) electrons. The summed E-state index contributed by atoms with van der Waals surface area (Å²) in [7, 11) is 0. The van der Waals surface area contributed by atoms with Gasteiger partial charge >= 0.3 is 0 Å². The van der Waals surface area contributed by atoms with Crippen molar-refractivity contribution in [2.45, 2.75) is 45.1 Å². The Morgan fingerprint density at radius 2 is 2.10 bits per heavy atom. The standard InChI is InChI=1S/C18H25N3/c1-2-11-19-18(12-15-7-6-8-15)16-13-20-21(14-16)17-9-4-3-5-10-17/h3-5,9-10,13-15,18-19H,2,6-8,11-12H2,1H3. The second-order valence-corrected chi connectivity index (χ2v) is 6.09. The lowest BCUT2D eigenvalue weighted by Crippen LogP contribution is -2.26. The van der Waals surface area contributed by atoms with Crippen molar-refractivity contribution in [3.63, 3.8) is 0 Å². The zero-order chi connectivity index (χ0) is 14.5. The topological polar surface area (TPSA) is 29.9 Å². The molecule has 1 aliphatic rings. The molecule has 0 saturated heterocycles. The quantitative estimate of drug-likeness (QED) is 0.829. The molecule has 0 aliphatic heterocycles. The molecule has 1 aliphatic carbocycles. The van der Waals surface area contributed by atoms with Crippen LogP contribution in [0.3, 0.4) is 0 Å². The molecule has 1 saturated carbocycles. The third-order valence-electron chi connectivity index (χ3n) is 4.46. The fourth-order valence-electron chi connectivity index (χ4n) is 2.96. The van der Waals surface area contributed by atoms with Crippen LogP contribution < -0.4 is 5.32 Å². The van der Waals surface area contributed by atoms with Gasteiger partial charge in [-0.25, -0.2) is 4.68 Å². The Kier molecular flexibility index (Phi) is 4.71. The Morgan fingerprint density at radius 1 is 1.29 bits per heavy atom. The molecule has 2 aromatic rings. The van der Waals surface area contributed by atoms with Crippen molar-refractivity contribution in [3.8, 4) is 5.69 Å². The minimum absolute atomic E-state index is 0.452. The molecular formula is C18H25N3. The first-order chi connectivity index (χ1) is 10.4. The highest BCUT2D eigenvalue weighted by Crippen LogP contribution is 2.34. The average Bonchev–Trinajstić information content (AvgIpc) is 2.96. The summed E-state index contributed by atoms with van der Waals surface area (Å²) in [6.45, 7) is 3.30. The summed E-state index contributed by atoms with van der Waals surface area (Å²) in [6.07, 6.45) is 10.8. The Morgan fingerprint density at radius 3 is 2.76 bits per heavy atom. The molecule has 3 nitrogen and oxygen atoms in total. The summed E-state index contributed by atoms with van der Waals surface area (Å²) in [5.41, 5.74) is 2.45. The first-order valence-corrected chi connectivity index (χ1v) is 8.20. The van der Waals surface area contributed by atoms with Gasteiger partial charge in [-0.2, -0.15) is 5.10 Å². The summed E-state index contributed by atoms with van der Waals surface area (Å²) < 4.78 is 1.98. The number of nitrogens with zero attached hydrogens (tertiary/aromatic N) is 2. The highest BCUT2D eigenvalue weighted by atomic mass is 15.3. The first-order valence-electron chi connectivity index (χ1n) is 8.20. The van der Waals surface area contributed by atoms with E-state index in [1.807, 2.05) is 16.9 Å². The summed E-state index contributed by atoms with van der Waals surface area (Å²) in [4.78, 5) is 0. The van der Waals surface area contributed by atoms with E-state index in [4.69, 9.17) is 0 Å². The summed E-state index contributed by atoms with van der Waals surface area (Å²) in [5.74, 6) is 0.902. The van der Waals surface area contributed by atoms with Crippen LogP contribution in [0.5, 0.6) is 0 Å². The van der Waals surface area contributed by atoms with Crippen molar-refractivity contribution in [1.29, 1.82) is 0 Å². The Labute approximate surface area is 127 Å². The molecule has 0 bridgehead atoms. The maximum Gasteiger partial charge on any atom is 0.0645 e. The molecule has 1 atom stereocenters. The summed E-state index contributed by atoms with van der Waals surface area (Å²) in [6, 6.07) is 10.8. The molecule has 1 heterocycles. The number of nitrogens with one attached hydrogen (secondary N) is 1. The molecule has 1 N–H and O–H groups in total. The number of benzene rings is 1. The van der Waals surface area contributed by atoms with Crippen LogP contribution in [0.15, 0.2) is 42.7 Å². The Balaban J connectivity index is 1.73. The zero-order valence-electron chi connectivity index (χ0n) is 12.8. The molecule has 0 amide bonds. The monoisotopic (exact) mass is 283 g/mol. The number of hydrogen-bond acceptors (Lipinski definition) is 2. The Bertz CT molecular complexity index is 543. The van der Waals surface area contributed by atoms with Gasteiger partial charge in [0.15, 0.2) is 0 Å². The van der Waals surface area contributed by atoms with E-state index in [0.29, 0.717) is 6.04 Å². The second-order valence-electron chi connectivity index (χ2n) is 6.09. The van der Waals surface area contributed by atoms with Crippen LogP contribution in [0.1, 0.15) is 50.6 Å². The molecule has 1 aromatic carbocycles. The van der Waals surface area contributed by atoms with Crippen LogP contribution in [-0.4, -0.2) is 16.3 Å². The highest BCUT2D eigenvalue weighted by molar-refractivity contribution is 5.31. The fourth-order valence-corrected chi connectivity index (χ4v) is 2.96. The minimum atomic E-state index is 0.452. The predicted octanol–water partition coefficient (Wildman–Crippen LogP) is 4.10. The van der Waals surface area contributed by atoms with Crippen molar-refractivity contribution in [1.82, 2.24) is 15.1 Å². The molecule has 0 spiro atoms. The van der Waals surface area contributed by atoms with E-state index in [9.17, 15) is 0 Å². The van der Waals surface area contributed by atoms with Gasteiger partial charge in [0.25, 0.3) is 0 Å². The Hall–Kier alpha value is -1.61. The largest absolute Gasteiger partial charge is 0.310 e. The number of para-hydroxylation sites is 1. The highest BCUT2D eigenvalue weighted by Gasteiger charge is 2.23. The second kappa shape index (κ2) is 6.90. The molecule has 1 fully saturated rings. The third kappa shape index (κ3) is 3.53. The van der Waals surface area contributed by atoms with Gasteiger partial charge in [0.2, 0.25) is 0 Å². The number of hydrogen-bond donors (Lipinski definition) is 1. The average molecular weight is 283 g/mol. The van der Waals surface area contributed by atoms with Crippen molar-refractivity contribution < 1.29 is 0 Å². The van der Waals surface area contributed by atoms with Crippen LogP contribution in [-0.2, 0) is 0 Å². The predicted molar refractivity (Wildman–Crippen MR) is 86.6 cm³/mol. The van der Waals surface area contributed by atoms with Crippen molar-refractivity contribution >= 4 is 0 Å².